The normalized spacial score (nSPS) is 12.5. The van der Waals surface area contributed by atoms with E-state index in [9.17, 15) is 10.1 Å². The number of aromatic nitrogens is 3. The highest BCUT2D eigenvalue weighted by Gasteiger charge is 2.20. The summed E-state index contributed by atoms with van der Waals surface area (Å²) < 4.78 is 0. The fourth-order valence-electron chi connectivity index (χ4n) is 4.86. The molecule has 212 valence electrons. The quantitative estimate of drug-likeness (QED) is 0.126. The Morgan fingerprint density at radius 2 is 0.907 bits per heavy atom. The highest BCUT2D eigenvalue weighted by atomic mass is 16.6. The highest BCUT2D eigenvalue weighted by molar-refractivity contribution is 5.80. The molecule has 0 atom stereocenters. The summed E-state index contributed by atoms with van der Waals surface area (Å²) in [6.45, 7) is 0. The number of nitrogens with zero attached hydrogens (tertiary/aromatic N) is 8. The second-order valence-corrected chi connectivity index (χ2v) is 10.0. The van der Waals surface area contributed by atoms with E-state index >= 15 is 0 Å². The van der Waals surface area contributed by atoms with Crippen molar-refractivity contribution in [3.05, 3.63) is 118 Å². The van der Waals surface area contributed by atoms with Crippen LogP contribution in [0.3, 0.4) is 0 Å². The smallest absolute Gasteiger partial charge is 0.269 e. The van der Waals surface area contributed by atoms with Crippen LogP contribution in [0.25, 0.3) is 0 Å². The predicted molar refractivity (Wildman–Crippen MR) is 170 cm³/mol. The minimum absolute atomic E-state index is 0.0208. The lowest BCUT2D eigenvalue weighted by molar-refractivity contribution is -0.384. The summed E-state index contributed by atoms with van der Waals surface area (Å²) in [7, 11) is 7.80. The summed E-state index contributed by atoms with van der Waals surface area (Å²) in [6.07, 6.45) is 0. The molecule has 0 saturated heterocycles. The van der Waals surface area contributed by atoms with Gasteiger partial charge in [0.15, 0.2) is 0 Å². The summed E-state index contributed by atoms with van der Waals surface area (Å²) in [5, 5.41) is 11.1. The summed E-state index contributed by atoms with van der Waals surface area (Å²) in [5.41, 5.74) is 3.12. The third kappa shape index (κ3) is 5.27. The first-order chi connectivity index (χ1) is 20.8. The lowest BCUT2D eigenvalue weighted by Crippen LogP contribution is -2.21. The lowest BCUT2D eigenvalue weighted by Gasteiger charge is -2.28. The number of rotatable bonds is 1. The Morgan fingerprint density at radius 1 is 0.535 bits per heavy atom. The van der Waals surface area contributed by atoms with Crippen LogP contribution in [0.5, 0.6) is 0 Å². The monoisotopic (exact) mass is 568 g/mol. The van der Waals surface area contributed by atoms with E-state index in [0.717, 1.165) is 51.8 Å². The molecule has 2 aromatic carbocycles. The average Bonchev–Trinajstić information content (AvgIpc) is 3.05. The van der Waals surface area contributed by atoms with Crippen molar-refractivity contribution in [3.63, 3.8) is 0 Å². The predicted octanol–water partition coefficient (Wildman–Crippen LogP) is 6.56. The van der Waals surface area contributed by atoms with Crippen LogP contribution in [-0.2, 0) is 0 Å². The second-order valence-electron chi connectivity index (χ2n) is 10.0. The summed E-state index contributed by atoms with van der Waals surface area (Å²) in [4.78, 5) is 33.5. The van der Waals surface area contributed by atoms with Gasteiger partial charge in [-0.3, -0.25) is 10.1 Å². The van der Waals surface area contributed by atoms with E-state index in [1.54, 1.807) is 12.1 Å². The number of non-ortho nitro benzene ring substituents is 1. The number of anilines is 8. The van der Waals surface area contributed by atoms with E-state index in [-0.39, 0.29) is 5.69 Å². The van der Waals surface area contributed by atoms with Crippen LogP contribution in [0.2, 0.25) is 0 Å². The first-order valence-corrected chi connectivity index (χ1v) is 13.6. The molecule has 43 heavy (non-hydrogen) atoms. The fourth-order valence-corrected chi connectivity index (χ4v) is 4.86. The molecule has 0 saturated carbocycles. The van der Waals surface area contributed by atoms with E-state index in [1.807, 2.05) is 121 Å². The molecule has 0 spiro atoms. The van der Waals surface area contributed by atoms with Gasteiger partial charge in [0.1, 0.15) is 34.9 Å². The van der Waals surface area contributed by atoms with Crippen molar-refractivity contribution in [1.82, 2.24) is 15.0 Å². The third-order valence-corrected chi connectivity index (χ3v) is 7.37. The molecule has 0 radical (unpaired) electrons. The molecule has 4 heterocycles. The SMILES string of the molecule is CN1c2cccc(n2)N(C)c2cccc(n2)N(C)c2cccc(c2C#Cc2ccc([N+](=O)[O-])cc2)N(C)c2cccc1n2. The number of benzene rings is 2. The Balaban J connectivity index is 1.56. The van der Waals surface area contributed by atoms with Gasteiger partial charge in [0.2, 0.25) is 0 Å². The fraction of sp³-hybridized carbons (Fsp3) is 0.121. The molecule has 0 fully saturated rings. The van der Waals surface area contributed by atoms with Crippen molar-refractivity contribution < 1.29 is 4.92 Å². The van der Waals surface area contributed by atoms with Gasteiger partial charge in [0.05, 0.1) is 21.9 Å². The van der Waals surface area contributed by atoms with Crippen LogP contribution in [0.15, 0.2) is 97.1 Å². The Kier molecular flexibility index (Phi) is 7.06. The van der Waals surface area contributed by atoms with Gasteiger partial charge < -0.3 is 19.6 Å². The van der Waals surface area contributed by atoms with E-state index in [1.165, 1.54) is 12.1 Å². The van der Waals surface area contributed by atoms with Gasteiger partial charge in [-0.1, -0.05) is 36.1 Å². The summed E-state index contributed by atoms with van der Waals surface area (Å²) >= 11 is 0. The van der Waals surface area contributed by atoms with Gasteiger partial charge in [-0.05, 0) is 60.7 Å². The summed E-state index contributed by atoms with van der Waals surface area (Å²) in [5.74, 6) is 11.0. The first-order valence-electron chi connectivity index (χ1n) is 13.6. The molecule has 0 N–H and O–H groups in total. The van der Waals surface area contributed by atoms with Crippen molar-refractivity contribution in [2.75, 3.05) is 47.8 Å². The number of nitro benzene ring substituents is 1. The van der Waals surface area contributed by atoms with Gasteiger partial charge in [0, 0.05) is 45.9 Å². The zero-order valence-electron chi connectivity index (χ0n) is 24.1. The number of nitro groups is 1. The molecule has 5 aromatic rings. The van der Waals surface area contributed by atoms with Crippen molar-refractivity contribution in [2.45, 2.75) is 0 Å². The van der Waals surface area contributed by atoms with E-state index in [4.69, 9.17) is 15.0 Å². The van der Waals surface area contributed by atoms with Crippen molar-refractivity contribution >= 4 is 52.0 Å². The van der Waals surface area contributed by atoms with Crippen LogP contribution in [0.1, 0.15) is 11.1 Å². The standard InChI is InChI=1S/C33H28N8O2/c1-37-26-9-5-10-27(25(26)22-19-23-17-20-24(21-18-23)41(42)43)38(2)29-12-7-14-31(35-29)40(4)33-16-8-15-32(36-33)39(3)30-13-6-11-28(37)34-30/h5-18,20-21H,1-4H3. The molecular formula is C33H28N8O2. The van der Waals surface area contributed by atoms with Crippen molar-refractivity contribution in [2.24, 2.45) is 0 Å². The minimum atomic E-state index is -0.419. The average molecular weight is 569 g/mol. The van der Waals surface area contributed by atoms with Gasteiger partial charge in [-0.15, -0.1) is 0 Å². The molecule has 0 amide bonds. The molecule has 0 aliphatic carbocycles. The third-order valence-electron chi connectivity index (χ3n) is 7.37. The van der Waals surface area contributed by atoms with Crippen LogP contribution in [0, 0.1) is 22.0 Å². The number of hydrogen-bond donors (Lipinski definition) is 0. The van der Waals surface area contributed by atoms with E-state index in [0.29, 0.717) is 5.56 Å². The largest absolute Gasteiger partial charge is 0.328 e. The Morgan fingerprint density at radius 3 is 1.30 bits per heavy atom. The first kappa shape index (κ1) is 27.2. The number of fused-ring (bicyclic) bond motifs is 8. The van der Waals surface area contributed by atoms with Crippen molar-refractivity contribution in [1.29, 1.82) is 0 Å². The van der Waals surface area contributed by atoms with Crippen LogP contribution in [-0.4, -0.2) is 48.1 Å². The molecule has 1 aliphatic rings. The van der Waals surface area contributed by atoms with Crippen molar-refractivity contribution in [3.8, 4) is 11.8 Å². The topological polar surface area (TPSA) is 94.8 Å². The van der Waals surface area contributed by atoms with Crippen LogP contribution >= 0.6 is 0 Å². The molecule has 10 heteroatoms. The molecule has 6 rings (SSSR count). The molecule has 1 aliphatic heterocycles. The molecule has 10 nitrogen and oxygen atoms in total. The number of hydrogen-bond acceptors (Lipinski definition) is 9. The van der Waals surface area contributed by atoms with Gasteiger partial charge in [-0.2, -0.15) is 0 Å². The highest BCUT2D eigenvalue weighted by Crippen LogP contribution is 2.36. The Bertz CT molecular complexity index is 1800. The zero-order chi connectivity index (χ0) is 30.1. The maximum Gasteiger partial charge on any atom is 0.269 e. The lowest BCUT2D eigenvalue weighted by atomic mass is 10.1. The Labute approximate surface area is 249 Å². The Hall–Kier alpha value is -5.95. The van der Waals surface area contributed by atoms with Crippen LogP contribution in [0.4, 0.5) is 52.0 Å². The molecule has 3 aromatic heterocycles. The van der Waals surface area contributed by atoms with E-state index < -0.39 is 4.92 Å². The minimum Gasteiger partial charge on any atom is -0.328 e. The van der Waals surface area contributed by atoms with Gasteiger partial charge in [0.25, 0.3) is 5.69 Å². The van der Waals surface area contributed by atoms with E-state index in [2.05, 4.69) is 11.8 Å². The van der Waals surface area contributed by atoms with Crippen LogP contribution < -0.4 is 19.6 Å². The molecular weight excluding hydrogens is 540 g/mol. The molecule has 8 bridgehead atoms. The molecule has 0 unspecified atom stereocenters. The number of pyridine rings is 3. The van der Waals surface area contributed by atoms with Gasteiger partial charge >= 0.3 is 0 Å². The maximum absolute atomic E-state index is 11.1. The zero-order valence-corrected chi connectivity index (χ0v) is 24.1. The second kappa shape index (κ2) is 11.1. The van der Waals surface area contributed by atoms with Gasteiger partial charge in [-0.25, -0.2) is 15.0 Å². The summed E-state index contributed by atoms with van der Waals surface area (Å²) in [6, 6.07) is 29.8. The maximum atomic E-state index is 11.1.